The summed E-state index contributed by atoms with van der Waals surface area (Å²) in [5, 5.41) is 46.7. The van der Waals surface area contributed by atoms with E-state index in [0.717, 1.165) is 47.8 Å². The Morgan fingerprint density at radius 3 is 1.42 bits per heavy atom. The van der Waals surface area contributed by atoms with Gasteiger partial charge in [-0.2, -0.15) is 0 Å². The van der Waals surface area contributed by atoms with Crippen molar-refractivity contribution in [1.82, 2.24) is 29.1 Å². The second kappa shape index (κ2) is 15.7. The lowest BCUT2D eigenvalue weighted by Gasteiger charge is -2.32. The van der Waals surface area contributed by atoms with Crippen LogP contribution in [-0.4, -0.2) is 85.1 Å². The summed E-state index contributed by atoms with van der Waals surface area (Å²) in [6.07, 6.45) is 11.3. The summed E-state index contributed by atoms with van der Waals surface area (Å²) in [5.41, 5.74) is 8.42. The molecule has 4 aromatic heterocycles. The Morgan fingerprint density at radius 1 is 0.600 bits per heavy atom. The van der Waals surface area contributed by atoms with Crippen molar-refractivity contribution < 1.29 is 29.9 Å². The van der Waals surface area contributed by atoms with Gasteiger partial charge in [0, 0.05) is 35.0 Å². The monoisotopic (exact) mass is 814 g/mol. The number of hydrogen-bond acceptors (Lipinski definition) is 10. The number of aliphatic hydroxyl groups is 4. The van der Waals surface area contributed by atoms with Crippen LogP contribution in [0.3, 0.4) is 0 Å². The molecule has 2 aromatic carbocycles. The molecule has 6 heterocycles. The van der Waals surface area contributed by atoms with Gasteiger partial charge in [0.2, 0.25) is 0 Å². The van der Waals surface area contributed by atoms with Gasteiger partial charge < -0.3 is 39.0 Å². The lowest BCUT2D eigenvalue weighted by molar-refractivity contribution is -0.0706. The van der Waals surface area contributed by atoms with Crippen molar-refractivity contribution in [3.05, 3.63) is 118 Å². The summed E-state index contributed by atoms with van der Waals surface area (Å²) in [6, 6.07) is 16.8. The zero-order chi connectivity index (χ0) is 42.1. The van der Waals surface area contributed by atoms with Gasteiger partial charge >= 0.3 is 0 Å². The summed E-state index contributed by atoms with van der Waals surface area (Å²) < 4.78 is 16.4. The van der Waals surface area contributed by atoms with Crippen molar-refractivity contribution in [3.8, 4) is 0 Å². The number of benzene rings is 2. The van der Waals surface area contributed by atoms with E-state index in [1.165, 1.54) is 71.7 Å². The van der Waals surface area contributed by atoms with Crippen molar-refractivity contribution in [2.75, 3.05) is 0 Å². The SMILES string of the molecule is Cc1ncnc2c1ccn2[C@@H]1O[C@H]([C@@H](C)c2cccc3c2CCCC3)[C@@](C)(O)[C@H]1O.Cc1ncnc2c1ccn2[C@@H]1O[C@H]([C@H](C)c2cccc3c2CCCC3)[C@@](C)(O)[C@H]1O. The molecule has 2 fully saturated rings. The number of fused-ring (bicyclic) bond motifs is 4. The molecule has 0 spiro atoms. The van der Waals surface area contributed by atoms with E-state index in [2.05, 4.69) is 70.2 Å². The van der Waals surface area contributed by atoms with Gasteiger partial charge in [0.05, 0.1) is 23.6 Å². The van der Waals surface area contributed by atoms with Crippen LogP contribution in [0.2, 0.25) is 0 Å². The fourth-order valence-electron chi connectivity index (χ4n) is 10.7. The molecule has 0 unspecified atom stereocenters. The van der Waals surface area contributed by atoms with E-state index >= 15 is 0 Å². The third-order valence-electron chi connectivity index (χ3n) is 14.2. The topological polar surface area (TPSA) is 161 Å². The van der Waals surface area contributed by atoms with Gasteiger partial charge in [-0.3, -0.25) is 0 Å². The van der Waals surface area contributed by atoms with Gasteiger partial charge in [-0.1, -0.05) is 50.2 Å². The Labute approximate surface area is 351 Å². The molecule has 6 aromatic rings. The first kappa shape index (κ1) is 40.8. The molecule has 0 radical (unpaired) electrons. The van der Waals surface area contributed by atoms with E-state index in [0.29, 0.717) is 11.3 Å². The zero-order valence-electron chi connectivity index (χ0n) is 35.5. The molecule has 316 valence electrons. The molecule has 12 heteroatoms. The number of ether oxygens (including phenoxy) is 2. The van der Waals surface area contributed by atoms with Gasteiger partial charge in [0.25, 0.3) is 0 Å². The molecule has 2 saturated heterocycles. The zero-order valence-corrected chi connectivity index (χ0v) is 35.5. The lowest BCUT2D eigenvalue weighted by Crippen LogP contribution is -2.46. The van der Waals surface area contributed by atoms with Crippen LogP contribution in [0, 0.1) is 13.8 Å². The summed E-state index contributed by atoms with van der Waals surface area (Å²) >= 11 is 0. The number of aliphatic hydroxyl groups excluding tert-OH is 2. The van der Waals surface area contributed by atoms with Crippen molar-refractivity contribution in [3.63, 3.8) is 0 Å². The highest BCUT2D eigenvalue weighted by Crippen LogP contribution is 2.47. The predicted molar refractivity (Wildman–Crippen MR) is 229 cm³/mol. The minimum absolute atomic E-state index is 0.0501. The average Bonchev–Trinajstić information content (AvgIpc) is 4.00. The molecule has 10 rings (SSSR count). The van der Waals surface area contributed by atoms with E-state index in [9.17, 15) is 20.4 Å². The summed E-state index contributed by atoms with van der Waals surface area (Å²) in [5.74, 6) is -0.100. The summed E-state index contributed by atoms with van der Waals surface area (Å²) in [6.45, 7) is 11.4. The van der Waals surface area contributed by atoms with Crippen molar-refractivity contribution in [2.24, 2.45) is 0 Å². The number of hydrogen-bond donors (Lipinski definition) is 4. The molecule has 0 bridgehead atoms. The third kappa shape index (κ3) is 6.76. The van der Waals surface area contributed by atoms with Crippen LogP contribution in [0.5, 0.6) is 0 Å². The molecule has 4 aliphatic rings. The van der Waals surface area contributed by atoms with Gasteiger partial charge in [-0.15, -0.1) is 0 Å². The van der Waals surface area contributed by atoms with E-state index in [-0.39, 0.29) is 11.8 Å². The summed E-state index contributed by atoms with van der Waals surface area (Å²) in [4.78, 5) is 17.3. The standard InChI is InChI=1S/2C24H29N3O3/c2*1-14(17-10-6-8-16-7-4-5-9-19(16)17)21-24(3,29)20(28)23(30-21)27-12-11-18-15(2)25-13-26-22(18)27/h2*6,8,10-14,20-21,23,28-29H,4-5,7,9H2,1-3H3/t14-,20+,21-,23-,24+;14-,20-,21+,23+,24-/m10/s1. The second-order valence-electron chi connectivity index (χ2n) is 18.0. The predicted octanol–water partition coefficient (Wildman–Crippen LogP) is 6.86. The minimum Gasteiger partial charge on any atom is -0.385 e. The number of nitrogens with zero attached hydrogens (tertiary/aromatic N) is 6. The number of aromatic nitrogens is 6. The second-order valence-corrected chi connectivity index (χ2v) is 18.0. The number of aryl methyl sites for hydroxylation is 4. The Kier molecular flexibility index (Phi) is 10.7. The van der Waals surface area contributed by atoms with Crippen LogP contribution in [-0.2, 0) is 35.2 Å². The molecule has 12 nitrogen and oxygen atoms in total. The first-order chi connectivity index (χ1) is 28.8. The highest BCUT2D eigenvalue weighted by atomic mass is 16.6. The Balaban J connectivity index is 0.000000154. The molecular formula is C48H58N6O6. The highest BCUT2D eigenvalue weighted by molar-refractivity contribution is 5.79. The maximum absolute atomic E-state index is 11.3. The van der Waals surface area contributed by atoms with Crippen LogP contribution in [0.1, 0.15) is 122 Å². The van der Waals surface area contributed by atoms with Crippen molar-refractivity contribution in [1.29, 1.82) is 0 Å². The maximum atomic E-state index is 11.3. The molecular weight excluding hydrogens is 757 g/mol. The van der Waals surface area contributed by atoms with Gasteiger partial charge in [-0.25, -0.2) is 19.9 Å². The molecule has 2 aliphatic carbocycles. The van der Waals surface area contributed by atoms with E-state index < -0.39 is 48.1 Å². The smallest absolute Gasteiger partial charge is 0.164 e. The molecule has 10 atom stereocenters. The van der Waals surface area contributed by atoms with Crippen LogP contribution in [0.15, 0.2) is 73.6 Å². The van der Waals surface area contributed by atoms with Gasteiger partial charge in [-0.05, 0) is 125 Å². The fourth-order valence-corrected chi connectivity index (χ4v) is 10.7. The van der Waals surface area contributed by atoms with Crippen LogP contribution < -0.4 is 0 Å². The molecule has 4 N–H and O–H groups in total. The van der Waals surface area contributed by atoms with Crippen molar-refractivity contribution >= 4 is 22.1 Å². The first-order valence-electron chi connectivity index (χ1n) is 21.7. The normalized spacial score (nSPS) is 29.8. The molecule has 0 amide bonds. The lowest BCUT2D eigenvalue weighted by atomic mass is 9.78. The Hall–Kier alpha value is -4.56. The van der Waals surface area contributed by atoms with Gasteiger partial charge in [0.15, 0.2) is 12.5 Å². The fraction of sp³-hybridized carbons (Fsp3) is 0.500. The van der Waals surface area contributed by atoms with Crippen LogP contribution >= 0.6 is 0 Å². The summed E-state index contributed by atoms with van der Waals surface area (Å²) in [7, 11) is 0. The Bertz CT molecular complexity index is 2350. The Morgan fingerprint density at radius 2 is 1.00 bits per heavy atom. The van der Waals surface area contributed by atoms with Gasteiger partial charge in [0.1, 0.15) is 47.4 Å². The maximum Gasteiger partial charge on any atom is 0.164 e. The van der Waals surface area contributed by atoms with Crippen LogP contribution in [0.25, 0.3) is 22.1 Å². The molecule has 60 heavy (non-hydrogen) atoms. The largest absolute Gasteiger partial charge is 0.385 e. The highest BCUT2D eigenvalue weighted by Gasteiger charge is 2.56. The first-order valence-corrected chi connectivity index (χ1v) is 21.7. The van der Waals surface area contributed by atoms with E-state index in [1.807, 2.05) is 47.5 Å². The number of rotatable bonds is 6. The van der Waals surface area contributed by atoms with Crippen LogP contribution in [0.4, 0.5) is 0 Å². The average molecular weight is 815 g/mol. The quantitative estimate of drug-likeness (QED) is 0.140. The molecule has 0 saturated carbocycles. The molecule has 2 aliphatic heterocycles. The minimum atomic E-state index is -1.39. The third-order valence-corrected chi connectivity index (χ3v) is 14.2. The van der Waals surface area contributed by atoms with E-state index in [4.69, 9.17) is 9.47 Å². The van der Waals surface area contributed by atoms with E-state index in [1.54, 1.807) is 13.8 Å². The van der Waals surface area contributed by atoms with Crippen molar-refractivity contribution in [2.45, 2.75) is 153 Å².